The standard InChI is InChI=1S/C15H26N4/c1-5-16-10-14-8-12(2)17-15(9-14)19-7-6-18(4)13(3)11-19/h8-9,13,16H,5-7,10-11H2,1-4H3. The highest BCUT2D eigenvalue weighted by atomic mass is 15.3. The van der Waals surface area contributed by atoms with Crippen molar-refractivity contribution in [1.29, 1.82) is 0 Å². The molecule has 1 N–H and O–H groups in total. The van der Waals surface area contributed by atoms with E-state index in [1.54, 1.807) is 0 Å². The number of hydrogen-bond donors (Lipinski definition) is 1. The largest absolute Gasteiger partial charge is 0.354 e. The average Bonchev–Trinajstić information content (AvgIpc) is 2.39. The number of pyridine rings is 1. The smallest absolute Gasteiger partial charge is 0.129 e. The molecule has 1 aromatic rings. The molecule has 1 saturated heterocycles. The van der Waals surface area contributed by atoms with E-state index in [-0.39, 0.29) is 0 Å². The molecule has 1 aromatic heterocycles. The minimum Gasteiger partial charge on any atom is -0.354 e. The molecular formula is C15H26N4. The maximum Gasteiger partial charge on any atom is 0.129 e. The van der Waals surface area contributed by atoms with E-state index >= 15 is 0 Å². The summed E-state index contributed by atoms with van der Waals surface area (Å²) >= 11 is 0. The molecule has 1 fully saturated rings. The first-order chi connectivity index (χ1) is 9.10. The molecule has 0 amide bonds. The third-order valence-electron chi connectivity index (χ3n) is 3.86. The van der Waals surface area contributed by atoms with Crippen LogP contribution in [0.5, 0.6) is 0 Å². The number of piperazine rings is 1. The van der Waals surface area contributed by atoms with Crippen LogP contribution in [-0.2, 0) is 6.54 Å². The van der Waals surface area contributed by atoms with Gasteiger partial charge in [0, 0.05) is 37.9 Å². The number of hydrogen-bond acceptors (Lipinski definition) is 4. The summed E-state index contributed by atoms with van der Waals surface area (Å²) in [5.41, 5.74) is 2.44. The Labute approximate surface area is 116 Å². The lowest BCUT2D eigenvalue weighted by Crippen LogP contribution is -2.50. The molecule has 4 heteroatoms. The maximum absolute atomic E-state index is 4.70. The Morgan fingerprint density at radius 2 is 2.16 bits per heavy atom. The monoisotopic (exact) mass is 262 g/mol. The van der Waals surface area contributed by atoms with Gasteiger partial charge in [0.05, 0.1) is 0 Å². The molecule has 2 rings (SSSR count). The van der Waals surface area contributed by atoms with Crippen LogP contribution in [0, 0.1) is 6.92 Å². The van der Waals surface area contributed by atoms with Crippen molar-refractivity contribution in [3.8, 4) is 0 Å². The molecule has 4 nitrogen and oxygen atoms in total. The van der Waals surface area contributed by atoms with Crippen LogP contribution in [0.15, 0.2) is 12.1 Å². The summed E-state index contributed by atoms with van der Waals surface area (Å²) in [6.45, 7) is 11.7. The Bertz CT molecular complexity index is 419. The zero-order valence-corrected chi connectivity index (χ0v) is 12.6. The molecule has 19 heavy (non-hydrogen) atoms. The van der Waals surface area contributed by atoms with E-state index in [1.807, 2.05) is 0 Å². The fourth-order valence-corrected chi connectivity index (χ4v) is 2.51. The summed E-state index contributed by atoms with van der Waals surface area (Å²) in [5.74, 6) is 1.13. The van der Waals surface area contributed by atoms with Gasteiger partial charge in [0.1, 0.15) is 5.82 Å². The minimum absolute atomic E-state index is 0.591. The summed E-state index contributed by atoms with van der Waals surface area (Å²) in [5, 5.41) is 3.38. The van der Waals surface area contributed by atoms with Gasteiger partial charge in [-0.15, -0.1) is 0 Å². The van der Waals surface area contributed by atoms with Crippen LogP contribution in [-0.4, -0.2) is 49.2 Å². The quantitative estimate of drug-likeness (QED) is 0.894. The maximum atomic E-state index is 4.70. The first kappa shape index (κ1) is 14.3. The van der Waals surface area contributed by atoms with Crippen molar-refractivity contribution in [3.63, 3.8) is 0 Å². The van der Waals surface area contributed by atoms with E-state index in [2.05, 4.69) is 55.1 Å². The van der Waals surface area contributed by atoms with E-state index in [1.165, 1.54) is 5.56 Å². The van der Waals surface area contributed by atoms with Crippen molar-refractivity contribution in [3.05, 3.63) is 23.4 Å². The lowest BCUT2D eigenvalue weighted by molar-refractivity contribution is 0.233. The second-order valence-corrected chi connectivity index (χ2v) is 5.53. The van der Waals surface area contributed by atoms with Gasteiger partial charge in [-0.25, -0.2) is 4.98 Å². The third kappa shape index (κ3) is 3.67. The number of aryl methyl sites for hydroxylation is 1. The van der Waals surface area contributed by atoms with Crippen LogP contribution in [0.1, 0.15) is 25.1 Å². The van der Waals surface area contributed by atoms with E-state index in [0.717, 1.165) is 44.2 Å². The summed E-state index contributed by atoms with van der Waals surface area (Å²) in [7, 11) is 2.20. The minimum atomic E-state index is 0.591. The molecule has 0 aliphatic carbocycles. The Hall–Kier alpha value is -1.13. The highest BCUT2D eigenvalue weighted by Crippen LogP contribution is 2.18. The summed E-state index contributed by atoms with van der Waals surface area (Å²) < 4.78 is 0. The van der Waals surface area contributed by atoms with Crippen molar-refractivity contribution in [2.75, 3.05) is 38.1 Å². The molecule has 1 atom stereocenters. The lowest BCUT2D eigenvalue weighted by Gasteiger charge is -2.38. The molecule has 2 heterocycles. The van der Waals surface area contributed by atoms with Crippen molar-refractivity contribution >= 4 is 5.82 Å². The van der Waals surface area contributed by atoms with Crippen molar-refractivity contribution in [2.24, 2.45) is 0 Å². The predicted octanol–water partition coefficient (Wildman–Crippen LogP) is 1.64. The second kappa shape index (κ2) is 6.35. The van der Waals surface area contributed by atoms with Crippen LogP contribution in [0.2, 0.25) is 0 Å². The Balaban J connectivity index is 2.13. The van der Waals surface area contributed by atoms with Gasteiger partial charge in [-0.1, -0.05) is 6.92 Å². The molecule has 0 bridgehead atoms. The first-order valence-corrected chi connectivity index (χ1v) is 7.23. The number of nitrogens with one attached hydrogen (secondary N) is 1. The SMILES string of the molecule is CCNCc1cc(C)nc(N2CCN(C)C(C)C2)c1. The van der Waals surface area contributed by atoms with Gasteiger partial charge >= 0.3 is 0 Å². The summed E-state index contributed by atoms with van der Waals surface area (Å²) in [6.07, 6.45) is 0. The van der Waals surface area contributed by atoms with E-state index in [0.29, 0.717) is 6.04 Å². The van der Waals surface area contributed by atoms with Crippen LogP contribution >= 0.6 is 0 Å². The third-order valence-corrected chi connectivity index (χ3v) is 3.86. The zero-order valence-electron chi connectivity index (χ0n) is 12.6. The van der Waals surface area contributed by atoms with Gasteiger partial charge in [-0.2, -0.15) is 0 Å². The Morgan fingerprint density at radius 3 is 2.84 bits per heavy atom. The number of rotatable bonds is 4. The number of anilines is 1. The van der Waals surface area contributed by atoms with Gasteiger partial charge in [-0.3, -0.25) is 0 Å². The molecule has 106 valence electrons. The van der Waals surface area contributed by atoms with Crippen LogP contribution in [0.3, 0.4) is 0 Å². The van der Waals surface area contributed by atoms with E-state index in [9.17, 15) is 0 Å². The van der Waals surface area contributed by atoms with Crippen LogP contribution in [0.4, 0.5) is 5.82 Å². The number of nitrogens with zero attached hydrogens (tertiary/aromatic N) is 3. The van der Waals surface area contributed by atoms with Gasteiger partial charge in [0.25, 0.3) is 0 Å². The van der Waals surface area contributed by atoms with E-state index < -0.39 is 0 Å². The normalized spacial score (nSPS) is 20.8. The fourth-order valence-electron chi connectivity index (χ4n) is 2.51. The molecule has 0 aromatic carbocycles. The fraction of sp³-hybridized carbons (Fsp3) is 0.667. The van der Waals surface area contributed by atoms with Gasteiger partial charge in [0.2, 0.25) is 0 Å². The van der Waals surface area contributed by atoms with Crippen molar-refractivity contribution in [2.45, 2.75) is 33.4 Å². The predicted molar refractivity (Wildman–Crippen MR) is 80.7 cm³/mol. The topological polar surface area (TPSA) is 31.4 Å². The van der Waals surface area contributed by atoms with Crippen molar-refractivity contribution in [1.82, 2.24) is 15.2 Å². The molecule has 0 saturated carbocycles. The number of likely N-dealkylation sites (N-methyl/N-ethyl adjacent to an activating group) is 1. The highest BCUT2D eigenvalue weighted by molar-refractivity contribution is 5.43. The zero-order chi connectivity index (χ0) is 13.8. The Kier molecular flexibility index (Phi) is 4.77. The highest BCUT2D eigenvalue weighted by Gasteiger charge is 2.21. The first-order valence-electron chi connectivity index (χ1n) is 7.23. The lowest BCUT2D eigenvalue weighted by atomic mass is 10.1. The van der Waals surface area contributed by atoms with Crippen molar-refractivity contribution < 1.29 is 0 Å². The molecule has 0 spiro atoms. The molecule has 1 unspecified atom stereocenters. The van der Waals surface area contributed by atoms with Gasteiger partial charge < -0.3 is 15.1 Å². The van der Waals surface area contributed by atoms with Gasteiger partial charge in [0.15, 0.2) is 0 Å². The average molecular weight is 262 g/mol. The van der Waals surface area contributed by atoms with E-state index in [4.69, 9.17) is 4.98 Å². The molecule has 0 radical (unpaired) electrons. The summed E-state index contributed by atoms with van der Waals surface area (Å²) in [6, 6.07) is 4.99. The van der Waals surface area contributed by atoms with Gasteiger partial charge in [-0.05, 0) is 45.1 Å². The number of aromatic nitrogens is 1. The molecule has 1 aliphatic heterocycles. The summed E-state index contributed by atoms with van der Waals surface area (Å²) in [4.78, 5) is 9.52. The second-order valence-electron chi connectivity index (χ2n) is 5.53. The molecular weight excluding hydrogens is 236 g/mol. The van der Waals surface area contributed by atoms with Crippen LogP contribution in [0.25, 0.3) is 0 Å². The molecule has 1 aliphatic rings. The van der Waals surface area contributed by atoms with Crippen LogP contribution < -0.4 is 10.2 Å². The Morgan fingerprint density at radius 1 is 1.37 bits per heavy atom.